The maximum absolute atomic E-state index is 12.7. The predicted molar refractivity (Wildman–Crippen MR) is 153 cm³/mol. The van der Waals surface area contributed by atoms with Gasteiger partial charge in [-0.2, -0.15) is 0 Å². The van der Waals surface area contributed by atoms with Crippen LogP contribution in [0.15, 0.2) is 54.2 Å². The van der Waals surface area contributed by atoms with Crippen LogP contribution in [0, 0.1) is 23.7 Å². The highest BCUT2D eigenvalue weighted by Gasteiger charge is 2.40. The van der Waals surface area contributed by atoms with E-state index in [-0.39, 0.29) is 17.7 Å². The highest BCUT2D eigenvalue weighted by molar-refractivity contribution is 5.98. The molecule has 1 unspecified atom stereocenters. The van der Waals surface area contributed by atoms with E-state index in [1.54, 1.807) is 36.4 Å². The van der Waals surface area contributed by atoms with Crippen molar-refractivity contribution >= 4 is 23.7 Å². The zero-order chi connectivity index (χ0) is 28.3. The lowest BCUT2D eigenvalue weighted by atomic mass is 9.73. The van der Waals surface area contributed by atoms with E-state index in [4.69, 9.17) is 11.2 Å². The second kappa shape index (κ2) is 14.2. The molecule has 0 spiro atoms. The lowest BCUT2D eigenvalue weighted by Gasteiger charge is -2.36. The van der Waals surface area contributed by atoms with E-state index in [9.17, 15) is 9.59 Å². The Balaban J connectivity index is 0.00000124. The molecule has 0 saturated heterocycles. The fourth-order valence-electron chi connectivity index (χ4n) is 3.54. The van der Waals surface area contributed by atoms with Gasteiger partial charge >= 0.3 is 0 Å². The molecule has 2 rings (SSSR count). The van der Waals surface area contributed by atoms with Gasteiger partial charge in [0.15, 0.2) is 0 Å². The molecule has 0 fully saturated rings. The van der Waals surface area contributed by atoms with Gasteiger partial charge in [-0.3, -0.25) is 9.59 Å². The van der Waals surface area contributed by atoms with Crippen molar-refractivity contribution in [3.63, 3.8) is 0 Å². The van der Waals surface area contributed by atoms with Crippen molar-refractivity contribution in [2.45, 2.75) is 67.7 Å². The summed E-state index contributed by atoms with van der Waals surface area (Å²) in [6, 6.07) is 1.99. The number of allylic oxidation sites excluding steroid dienone is 4. The number of carbonyl (C=O) groups is 2. The first-order chi connectivity index (χ1) is 17.2. The third-order valence-corrected chi connectivity index (χ3v) is 6.15. The maximum Gasteiger partial charge on any atom is 0.246 e. The summed E-state index contributed by atoms with van der Waals surface area (Å²) in [4.78, 5) is 31.0. The Hall–Kier alpha value is -3.59. The van der Waals surface area contributed by atoms with Gasteiger partial charge < -0.3 is 15.0 Å². The Morgan fingerprint density at radius 3 is 2.51 bits per heavy atom. The molecular formula is C31H43N3O3. The van der Waals surface area contributed by atoms with E-state index in [1.165, 1.54) is 0 Å². The van der Waals surface area contributed by atoms with E-state index in [2.05, 4.69) is 42.7 Å². The van der Waals surface area contributed by atoms with Crippen LogP contribution >= 0.6 is 0 Å². The van der Waals surface area contributed by atoms with Gasteiger partial charge in [0.2, 0.25) is 11.8 Å². The maximum atomic E-state index is 12.7. The molecule has 0 radical (unpaired) electrons. The number of pyridine rings is 1. The SMILES string of the molecule is C#CCC=C.CC(C)=C(CN(C)C(=O)/C=C/c1cnc2c(c1)C(C)C(C)(C)C(=O)N2)O/C(C)=C/C(C)C. The summed E-state index contributed by atoms with van der Waals surface area (Å²) in [5, 5.41) is 2.88. The number of likely N-dealkylation sites (N-methyl/N-ethyl adjacent to an activating group) is 1. The number of hydrogen-bond donors (Lipinski definition) is 1. The first-order valence-corrected chi connectivity index (χ1v) is 12.6. The molecule has 0 bridgehead atoms. The number of aromatic nitrogens is 1. The first kappa shape index (κ1) is 31.4. The van der Waals surface area contributed by atoms with Crippen LogP contribution in [0.2, 0.25) is 0 Å². The Morgan fingerprint density at radius 1 is 1.35 bits per heavy atom. The van der Waals surface area contributed by atoms with Crippen LogP contribution < -0.4 is 5.32 Å². The number of nitrogens with one attached hydrogen (secondary N) is 1. The van der Waals surface area contributed by atoms with Crippen LogP contribution in [0.25, 0.3) is 6.08 Å². The van der Waals surface area contributed by atoms with E-state index in [0.29, 0.717) is 24.7 Å². The summed E-state index contributed by atoms with van der Waals surface area (Å²) >= 11 is 0. The zero-order valence-electron chi connectivity index (χ0n) is 23.9. The summed E-state index contributed by atoms with van der Waals surface area (Å²) in [7, 11) is 1.76. The minimum Gasteiger partial charge on any atom is -0.465 e. The Labute approximate surface area is 223 Å². The molecule has 0 aliphatic carbocycles. The molecule has 1 N–H and O–H groups in total. The van der Waals surface area contributed by atoms with Gasteiger partial charge in [-0.05, 0) is 67.5 Å². The van der Waals surface area contributed by atoms with Crippen LogP contribution in [-0.2, 0) is 14.3 Å². The molecule has 1 aromatic rings. The van der Waals surface area contributed by atoms with Crippen molar-refractivity contribution in [2.24, 2.45) is 11.3 Å². The van der Waals surface area contributed by atoms with Crippen molar-refractivity contribution in [1.82, 2.24) is 9.88 Å². The molecular weight excluding hydrogens is 462 g/mol. The minimum atomic E-state index is -0.518. The third-order valence-electron chi connectivity index (χ3n) is 6.15. The van der Waals surface area contributed by atoms with Crippen molar-refractivity contribution in [2.75, 3.05) is 18.9 Å². The van der Waals surface area contributed by atoms with Gasteiger partial charge in [-0.25, -0.2) is 4.98 Å². The van der Waals surface area contributed by atoms with Gasteiger partial charge in [-0.1, -0.05) is 40.7 Å². The van der Waals surface area contributed by atoms with Crippen LogP contribution in [0.5, 0.6) is 0 Å². The van der Waals surface area contributed by atoms with Crippen molar-refractivity contribution in [3.8, 4) is 12.3 Å². The Kier molecular flexibility index (Phi) is 12.1. The largest absolute Gasteiger partial charge is 0.465 e. The Bertz CT molecular complexity index is 1110. The standard InChI is InChI=1S/C26H37N3O3.C5H6/c1-16(2)12-18(5)32-22(17(3)4)15-29(9)23(30)11-10-20-13-21-19(6)26(7,8)25(31)28-24(21)27-14-20;1-3-5-4-2/h10-14,16,19H,15H2,1-9H3,(H,27,28,31);1,4H,2,5H2/b11-10+,18-12+;. The second-order valence-electron chi connectivity index (χ2n) is 10.4. The van der Waals surface area contributed by atoms with Gasteiger partial charge in [0.05, 0.1) is 17.7 Å². The normalized spacial score (nSPS) is 16.1. The summed E-state index contributed by atoms with van der Waals surface area (Å²) < 4.78 is 5.99. The smallest absolute Gasteiger partial charge is 0.246 e. The topological polar surface area (TPSA) is 71.5 Å². The summed E-state index contributed by atoms with van der Waals surface area (Å²) in [5.41, 5.74) is 2.31. The van der Waals surface area contributed by atoms with E-state index in [1.807, 2.05) is 47.6 Å². The molecule has 0 aromatic carbocycles. The van der Waals surface area contributed by atoms with E-state index in [0.717, 1.165) is 28.2 Å². The van der Waals surface area contributed by atoms with Crippen LogP contribution in [-0.4, -0.2) is 35.3 Å². The molecule has 6 heteroatoms. The number of terminal acetylenes is 1. The molecule has 1 atom stereocenters. The number of hydrogen-bond acceptors (Lipinski definition) is 4. The fraction of sp³-hybridized carbons (Fsp3) is 0.452. The molecule has 6 nitrogen and oxygen atoms in total. The number of fused-ring (bicyclic) bond motifs is 1. The van der Waals surface area contributed by atoms with Gasteiger partial charge in [0.25, 0.3) is 0 Å². The monoisotopic (exact) mass is 505 g/mol. The molecule has 1 aliphatic rings. The second-order valence-corrected chi connectivity index (χ2v) is 10.4. The molecule has 200 valence electrons. The number of ether oxygens (including phenoxy) is 1. The molecule has 1 aromatic heterocycles. The van der Waals surface area contributed by atoms with Crippen LogP contribution in [0.4, 0.5) is 5.82 Å². The van der Waals surface area contributed by atoms with Crippen LogP contribution in [0.1, 0.15) is 78.9 Å². The first-order valence-electron chi connectivity index (χ1n) is 12.6. The van der Waals surface area contributed by atoms with Gasteiger partial charge in [0.1, 0.15) is 11.6 Å². The average Bonchev–Trinajstić information content (AvgIpc) is 2.81. The highest BCUT2D eigenvalue weighted by atomic mass is 16.5. The predicted octanol–water partition coefficient (Wildman–Crippen LogP) is 6.70. The van der Waals surface area contributed by atoms with Gasteiger partial charge in [0, 0.05) is 25.7 Å². The molecule has 0 saturated carbocycles. The fourth-order valence-corrected chi connectivity index (χ4v) is 3.54. The number of amides is 2. The summed E-state index contributed by atoms with van der Waals surface area (Å²) in [6.07, 6.45) is 14.2. The quantitative estimate of drug-likeness (QED) is 0.185. The Morgan fingerprint density at radius 2 is 2.00 bits per heavy atom. The summed E-state index contributed by atoms with van der Waals surface area (Å²) in [5.74, 6) is 4.85. The minimum absolute atomic E-state index is 0.0185. The van der Waals surface area contributed by atoms with Crippen molar-refractivity contribution in [3.05, 3.63) is 65.3 Å². The number of nitrogens with zero attached hydrogens (tertiary/aromatic N) is 2. The molecule has 37 heavy (non-hydrogen) atoms. The van der Waals surface area contributed by atoms with E-state index < -0.39 is 5.41 Å². The molecule has 2 heterocycles. The van der Waals surface area contributed by atoms with Crippen molar-refractivity contribution in [1.29, 1.82) is 0 Å². The number of anilines is 1. The average molecular weight is 506 g/mol. The number of carbonyl (C=O) groups excluding carboxylic acids is 2. The number of rotatable bonds is 8. The lowest BCUT2D eigenvalue weighted by Crippen LogP contribution is -2.40. The summed E-state index contributed by atoms with van der Waals surface area (Å²) in [6.45, 7) is 19.8. The van der Waals surface area contributed by atoms with E-state index >= 15 is 0 Å². The lowest BCUT2D eigenvalue weighted by molar-refractivity contribution is -0.125. The third kappa shape index (κ3) is 9.42. The molecule has 2 amide bonds. The highest BCUT2D eigenvalue weighted by Crippen LogP contribution is 2.42. The molecule has 1 aliphatic heterocycles. The van der Waals surface area contributed by atoms with Crippen molar-refractivity contribution < 1.29 is 14.3 Å². The zero-order valence-corrected chi connectivity index (χ0v) is 23.9. The van der Waals surface area contributed by atoms with Gasteiger partial charge in [-0.15, -0.1) is 18.9 Å². The van der Waals surface area contributed by atoms with Crippen LogP contribution in [0.3, 0.4) is 0 Å².